The number of hydrogen-bond donors (Lipinski definition) is 4. The van der Waals surface area contributed by atoms with Crippen LogP contribution in [0.15, 0.2) is 0 Å². The van der Waals surface area contributed by atoms with Crippen LogP contribution in [0.25, 0.3) is 0 Å². The summed E-state index contributed by atoms with van der Waals surface area (Å²) >= 11 is 0. The van der Waals surface area contributed by atoms with E-state index in [4.69, 9.17) is 10.2 Å². The van der Waals surface area contributed by atoms with Crippen LogP contribution >= 0.6 is 0 Å². The van der Waals surface area contributed by atoms with E-state index in [0.717, 1.165) is 0 Å². The van der Waals surface area contributed by atoms with Crippen LogP contribution in [0.1, 0.15) is 25.7 Å². The average molecular weight is 232 g/mol. The minimum atomic E-state index is -0.107. The fourth-order valence-electron chi connectivity index (χ4n) is 1.14. The molecule has 0 heterocycles. The number of aliphatic hydroxyl groups is 2. The first-order chi connectivity index (χ1) is 7.70. The number of amides is 2. The molecule has 0 unspecified atom stereocenters. The Bertz CT molecular complexity index is 187. The van der Waals surface area contributed by atoms with Crippen LogP contribution in [0, 0.1) is 0 Å². The summed E-state index contributed by atoms with van der Waals surface area (Å²) in [5.74, 6) is -0.213. The van der Waals surface area contributed by atoms with E-state index in [-0.39, 0.29) is 38.1 Å². The molecule has 6 nitrogen and oxygen atoms in total. The molecule has 2 amide bonds. The lowest BCUT2D eigenvalue weighted by atomic mass is 10.2. The van der Waals surface area contributed by atoms with Crippen LogP contribution in [0.3, 0.4) is 0 Å². The van der Waals surface area contributed by atoms with Crippen LogP contribution in [-0.2, 0) is 9.59 Å². The standard InChI is InChI=1S/C10H20N2O4/c13-7-5-11-9(15)3-1-2-4-10(16)12-6-8-14/h13-14H,1-8H2,(H,11,15)(H,12,16). The molecule has 0 aromatic heterocycles. The smallest absolute Gasteiger partial charge is 0.220 e. The normalized spacial score (nSPS) is 9.88. The van der Waals surface area contributed by atoms with E-state index in [2.05, 4.69) is 10.6 Å². The molecule has 4 N–H and O–H groups in total. The van der Waals surface area contributed by atoms with Gasteiger partial charge in [-0.3, -0.25) is 9.59 Å². The maximum atomic E-state index is 11.1. The van der Waals surface area contributed by atoms with Gasteiger partial charge >= 0.3 is 0 Å². The quantitative estimate of drug-likeness (QED) is 0.374. The number of rotatable bonds is 9. The van der Waals surface area contributed by atoms with E-state index in [0.29, 0.717) is 25.7 Å². The predicted octanol–water partition coefficient (Wildman–Crippen LogP) is -1.24. The Morgan fingerprint density at radius 1 is 0.812 bits per heavy atom. The molecule has 0 aliphatic rings. The first kappa shape index (κ1) is 14.9. The van der Waals surface area contributed by atoms with E-state index in [1.165, 1.54) is 0 Å². The molecule has 0 aromatic carbocycles. The van der Waals surface area contributed by atoms with Crippen LogP contribution < -0.4 is 10.6 Å². The number of unbranched alkanes of at least 4 members (excludes halogenated alkanes) is 1. The van der Waals surface area contributed by atoms with Crippen molar-refractivity contribution in [2.45, 2.75) is 25.7 Å². The summed E-state index contributed by atoms with van der Waals surface area (Å²) in [5.41, 5.74) is 0. The molecule has 0 saturated heterocycles. The molecule has 0 radical (unpaired) electrons. The van der Waals surface area contributed by atoms with Crippen LogP contribution in [-0.4, -0.2) is 48.3 Å². The van der Waals surface area contributed by atoms with Crippen molar-refractivity contribution in [3.8, 4) is 0 Å². The zero-order chi connectivity index (χ0) is 12.2. The highest BCUT2D eigenvalue weighted by Gasteiger charge is 2.02. The van der Waals surface area contributed by atoms with Crippen molar-refractivity contribution in [2.75, 3.05) is 26.3 Å². The summed E-state index contributed by atoms with van der Waals surface area (Å²) in [5, 5.41) is 22.0. The molecule has 16 heavy (non-hydrogen) atoms. The molecular formula is C10H20N2O4. The summed E-state index contributed by atoms with van der Waals surface area (Å²) in [6.07, 6.45) is 2.02. The maximum Gasteiger partial charge on any atom is 0.220 e. The molecule has 0 atom stereocenters. The predicted molar refractivity (Wildman–Crippen MR) is 58.7 cm³/mol. The topological polar surface area (TPSA) is 98.7 Å². The van der Waals surface area contributed by atoms with Gasteiger partial charge in [0.1, 0.15) is 0 Å². The van der Waals surface area contributed by atoms with Gasteiger partial charge in [0.15, 0.2) is 0 Å². The van der Waals surface area contributed by atoms with Crippen molar-refractivity contribution in [2.24, 2.45) is 0 Å². The summed E-state index contributed by atoms with van der Waals surface area (Å²) in [4.78, 5) is 22.1. The largest absolute Gasteiger partial charge is 0.395 e. The number of aliphatic hydroxyl groups excluding tert-OH is 2. The molecule has 0 saturated carbocycles. The monoisotopic (exact) mass is 232 g/mol. The second-order valence-electron chi connectivity index (χ2n) is 3.35. The molecule has 0 aliphatic carbocycles. The van der Waals surface area contributed by atoms with Gasteiger partial charge in [-0.05, 0) is 12.8 Å². The molecule has 0 spiro atoms. The van der Waals surface area contributed by atoms with Gasteiger partial charge in [0.2, 0.25) is 11.8 Å². The fraction of sp³-hybridized carbons (Fsp3) is 0.800. The molecule has 6 heteroatoms. The molecular weight excluding hydrogens is 212 g/mol. The summed E-state index contributed by atoms with van der Waals surface area (Å²) in [7, 11) is 0. The van der Waals surface area contributed by atoms with Gasteiger partial charge in [0.05, 0.1) is 13.2 Å². The Balaban J connectivity index is 3.31. The Morgan fingerprint density at radius 2 is 1.19 bits per heavy atom. The second-order valence-corrected chi connectivity index (χ2v) is 3.35. The highest BCUT2D eigenvalue weighted by Crippen LogP contribution is 1.99. The highest BCUT2D eigenvalue weighted by molar-refractivity contribution is 5.77. The Hall–Kier alpha value is -1.14. The Labute approximate surface area is 95.0 Å². The summed E-state index contributed by atoms with van der Waals surface area (Å²) < 4.78 is 0. The molecule has 0 bridgehead atoms. The molecule has 0 aliphatic heterocycles. The third-order valence-electron chi connectivity index (χ3n) is 1.93. The van der Waals surface area contributed by atoms with Gasteiger partial charge in [0, 0.05) is 25.9 Å². The van der Waals surface area contributed by atoms with Crippen molar-refractivity contribution in [1.29, 1.82) is 0 Å². The molecule has 0 fully saturated rings. The first-order valence-corrected chi connectivity index (χ1v) is 5.45. The van der Waals surface area contributed by atoms with Gasteiger partial charge in [-0.1, -0.05) is 0 Å². The number of carbonyl (C=O) groups excluding carboxylic acids is 2. The van der Waals surface area contributed by atoms with Crippen molar-refractivity contribution in [1.82, 2.24) is 10.6 Å². The van der Waals surface area contributed by atoms with Gasteiger partial charge < -0.3 is 20.8 Å². The number of carbonyl (C=O) groups is 2. The van der Waals surface area contributed by atoms with Gasteiger partial charge in [-0.2, -0.15) is 0 Å². The third kappa shape index (κ3) is 9.42. The van der Waals surface area contributed by atoms with E-state index < -0.39 is 0 Å². The lowest BCUT2D eigenvalue weighted by Crippen LogP contribution is -2.27. The minimum Gasteiger partial charge on any atom is -0.395 e. The summed E-state index contributed by atoms with van der Waals surface area (Å²) in [6.45, 7) is 0.427. The van der Waals surface area contributed by atoms with Crippen LogP contribution in [0.4, 0.5) is 0 Å². The van der Waals surface area contributed by atoms with E-state index in [9.17, 15) is 9.59 Å². The van der Waals surface area contributed by atoms with Crippen LogP contribution in [0.5, 0.6) is 0 Å². The SMILES string of the molecule is O=C(CCCCC(=O)NCCO)NCCO. The second kappa shape index (κ2) is 10.4. The van der Waals surface area contributed by atoms with Gasteiger partial charge in [0.25, 0.3) is 0 Å². The first-order valence-electron chi connectivity index (χ1n) is 5.45. The summed E-state index contributed by atoms with van der Waals surface area (Å²) in [6, 6.07) is 0. The van der Waals surface area contributed by atoms with Crippen molar-refractivity contribution in [3.63, 3.8) is 0 Å². The lowest BCUT2D eigenvalue weighted by molar-refractivity contribution is -0.123. The van der Waals surface area contributed by atoms with Crippen molar-refractivity contribution >= 4 is 11.8 Å². The average Bonchev–Trinajstić information content (AvgIpc) is 2.29. The molecule has 94 valence electrons. The maximum absolute atomic E-state index is 11.1. The molecule has 0 aromatic rings. The number of nitrogens with one attached hydrogen (secondary N) is 2. The van der Waals surface area contributed by atoms with Gasteiger partial charge in [-0.15, -0.1) is 0 Å². The highest BCUT2D eigenvalue weighted by atomic mass is 16.3. The Kier molecular flexibility index (Phi) is 9.64. The lowest BCUT2D eigenvalue weighted by Gasteiger charge is -2.04. The zero-order valence-corrected chi connectivity index (χ0v) is 9.37. The van der Waals surface area contributed by atoms with Crippen molar-refractivity contribution in [3.05, 3.63) is 0 Å². The van der Waals surface area contributed by atoms with Crippen LogP contribution in [0.2, 0.25) is 0 Å². The van der Waals surface area contributed by atoms with Crippen molar-refractivity contribution < 1.29 is 19.8 Å². The zero-order valence-electron chi connectivity index (χ0n) is 9.37. The number of hydrogen-bond acceptors (Lipinski definition) is 4. The van der Waals surface area contributed by atoms with Gasteiger partial charge in [-0.25, -0.2) is 0 Å². The third-order valence-corrected chi connectivity index (χ3v) is 1.93. The fourth-order valence-corrected chi connectivity index (χ4v) is 1.14. The van der Waals surface area contributed by atoms with E-state index >= 15 is 0 Å². The van der Waals surface area contributed by atoms with E-state index in [1.54, 1.807) is 0 Å². The Morgan fingerprint density at radius 3 is 1.50 bits per heavy atom. The molecule has 0 rings (SSSR count). The van der Waals surface area contributed by atoms with E-state index in [1.807, 2.05) is 0 Å². The minimum absolute atomic E-state index is 0.0602.